The molecule has 0 saturated carbocycles. The molecule has 0 radical (unpaired) electrons. The summed E-state index contributed by atoms with van der Waals surface area (Å²) in [6.07, 6.45) is 0.739. The van der Waals surface area contributed by atoms with Gasteiger partial charge in [-0.3, -0.25) is 0 Å². The topological polar surface area (TPSA) is 83.9 Å². The Morgan fingerprint density at radius 1 is 1.03 bits per heavy atom. The van der Waals surface area contributed by atoms with Crippen molar-refractivity contribution in [3.8, 4) is 5.75 Å². The van der Waals surface area contributed by atoms with Crippen LogP contribution >= 0.6 is 11.8 Å². The molecule has 0 atom stereocenters. The molecule has 0 heterocycles. The van der Waals surface area contributed by atoms with Crippen molar-refractivity contribution >= 4 is 27.8 Å². The quantitative estimate of drug-likeness (QED) is 0.489. The Bertz CT molecular complexity index is 1010. The first kappa shape index (κ1) is 25.2. The molecule has 0 unspecified atom stereocenters. The van der Waals surface area contributed by atoms with Crippen LogP contribution in [0.5, 0.6) is 5.75 Å². The monoisotopic (exact) mass is 465 g/mol. The Labute approximate surface area is 189 Å². The van der Waals surface area contributed by atoms with Crippen LogP contribution in [0.15, 0.2) is 40.1 Å². The molecule has 2 aromatic rings. The molecule has 170 valence electrons. The lowest BCUT2D eigenvalue weighted by Gasteiger charge is -2.24. The number of sulfonamides is 1. The summed E-state index contributed by atoms with van der Waals surface area (Å²) >= 11 is 1.57. The second-order valence-electron chi connectivity index (χ2n) is 7.59. The van der Waals surface area contributed by atoms with Crippen LogP contribution in [0, 0.1) is 27.7 Å². The van der Waals surface area contributed by atoms with Crippen LogP contribution in [0.2, 0.25) is 0 Å². The zero-order chi connectivity index (χ0) is 23.2. The molecule has 2 aromatic carbocycles. The van der Waals surface area contributed by atoms with Crippen molar-refractivity contribution in [3.63, 3.8) is 0 Å². The van der Waals surface area contributed by atoms with Gasteiger partial charge in [-0.25, -0.2) is 13.2 Å². The van der Waals surface area contributed by atoms with Crippen molar-refractivity contribution in [1.82, 2.24) is 4.31 Å². The van der Waals surface area contributed by atoms with Gasteiger partial charge in [-0.05, 0) is 69.0 Å². The number of nitrogens with zero attached hydrogens (tertiary/aromatic N) is 1. The summed E-state index contributed by atoms with van der Waals surface area (Å²) in [6.45, 7) is 10.00. The number of aryl methyl sites for hydroxylation is 4. The van der Waals surface area contributed by atoms with E-state index in [9.17, 15) is 13.2 Å². The van der Waals surface area contributed by atoms with E-state index in [0.29, 0.717) is 29.5 Å². The molecule has 2 rings (SSSR count). The van der Waals surface area contributed by atoms with Crippen molar-refractivity contribution in [3.05, 3.63) is 52.6 Å². The SMILES string of the molecule is CCCN(CCSc1ccc(OCC(=O)O)c(C)c1)S(=O)(=O)c1c(C)cc(C)cc1C. The Morgan fingerprint density at radius 3 is 2.23 bits per heavy atom. The summed E-state index contributed by atoms with van der Waals surface area (Å²) in [5.74, 6) is 0.124. The van der Waals surface area contributed by atoms with Crippen LogP contribution in [-0.4, -0.2) is 49.2 Å². The highest BCUT2D eigenvalue weighted by Gasteiger charge is 2.27. The molecule has 31 heavy (non-hydrogen) atoms. The highest BCUT2D eigenvalue weighted by Crippen LogP contribution is 2.28. The first-order valence-electron chi connectivity index (χ1n) is 10.2. The normalized spacial score (nSPS) is 11.7. The highest BCUT2D eigenvalue weighted by molar-refractivity contribution is 7.99. The van der Waals surface area contributed by atoms with E-state index >= 15 is 0 Å². The van der Waals surface area contributed by atoms with Gasteiger partial charge in [-0.15, -0.1) is 11.8 Å². The standard InChI is InChI=1S/C23H31NO5S2/c1-6-9-24(31(27,28)23-18(4)12-16(2)13-19(23)5)10-11-30-20-7-8-21(17(3)14-20)29-15-22(25)26/h7-8,12-14H,6,9-11,15H2,1-5H3,(H,25,26). The fraction of sp³-hybridized carbons (Fsp3) is 0.435. The van der Waals surface area contributed by atoms with Gasteiger partial charge in [-0.2, -0.15) is 4.31 Å². The van der Waals surface area contributed by atoms with E-state index in [-0.39, 0.29) is 6.61 Å². The molecular weight excluding hydrogens is 434 g/mol. The largest absolute Gasteiger partial charge is 0.482 e. The summed E-state index contributed by atoms with van der Waals surface area (Å²) in [4.78, 5) is 12.1. The van der Waals surface area contributed by atoms with E-state index in [2.05, 4.69) is 0 Å². The summed E-state index contributed by atoms with van der Waals surface area (Å²) in [6, 6.07) is 9.36. The number of carbonyl (C=O) groups is 1. The van der Waals surface area contributed by atoms with Gasteiger partial charge < -0.3 is 9.84 Å². The van der Waals surface area contributed by atoms with Crippen LogP contribution in [0.25, 0.3) is 0 Å². The Kier molecular flexibility index (Phi) is 8.97. The molecule has 0 aliphatic heterocycles. The summed E-state index contributed by atoms with van der Waals surface area (Å²) < 4.78 is 33.6. The Balaban J connectivity index is 2.11. The summed E-state index contributed by atoms with van der Waals surface area (Å²) in [5.41, 5.74) is 3.45. The van der Waals surface area contributed by atoms with Gasteiger partial charge in [0.2, 0.25) is 10.0 Å². The van der Waals surface area contributed by atoms with Crippen LogP contribution < -0.4 is 4.74 Å². The summed E-state index contributed by atoms with van der Waals surface area (Å²) in [5, 5.41) is 8.75. The molecule has 1 N–H and O–H groups in total. The fourth-order valence-corrected chi connectivity index (χ4v) is 6.61. The van der Waals surface area contributed by atoms with Gasteiger partial charge in [0.15, 0.2) is 6.61 Å². The molecule has 0 aliphatic rings. The number of hydrogen-bond acceptors (Lipinski definition) is 5. The molecule has 8 heteroatoms. The van der Waals surface area contributed by atoms with Crippen molar-refractivity contribution in [2.45, 2.75) is 50.8 Å². The number of aliphatic carboxylic acids is 1. The first-order chi connectivity index (χ1) is 14.6. The van der Waals surface area contributed by atoms with Gasteiger partial charge in [0.25, 0.3) is 0 Å². The van der Waals surface area contributed by atoms with Gasteiger partial charge in [0, 0.05) is 23.7 Å². The fourth-order valence-electron chi connectivity index (χ4n) is 3.58. The highest BCUT2D eigenvalue weighted by atomic mass is 32.2. The molecule has 0 aromatic heterocycles. The average molecular weight is 466 g/mol. The van der Waals surface area contributed by atoms with E-state index in [4.69, 9.17) is 9.84 Å². The number of benzene rings is 2. The van der Waals surface area contributed by atoms with E-state index in [1.54, 1.807) is 22.1 Å². The maximum atomic E-state index is 13.4. The minimum Gasteiger partial charge on any atom is -0.482 e. The van der Waals surface area contributed by atoms with Crippen LogP contribution in [0.4, 0.5) is 0 Å². The van der Waals surface area contributed by atoms with E-state index < -0.39 is 16.0 Å². The zero-order valence-corrected chi connectivity index (χ0v) is 20.4. The molecule has 0 amide bonds. The van der Waals surface area contributed by atoms with Crippen molar-refractivity contribution in [2.24, 2.45) is 0 Å². The third-order valence-corrected chi connectivity index (χ3v) is 7.96. The van der Waals surface area contributed by atoms with E-state index in [0.717, 1.165) is 33.6 Å². The smallest absolute Gasteiger partial charge is 0.341 e. The molecule has 0 fully saturated rings. The second kappa shape index (κ2) is 11.0. The van der Waals surface area contributed by atoms with Gasteiger partial charge >= 0.3 is 5.97 Å². The summed E-state index contributed by atoms with van der Waals surface area (Å²) in [7, 11) is -3.58. The first-order valence-corrected chi connectivity index (χ1v) is 12.6. The molecule has 0 bridgehead atoms. The lowest BCUT2D eigenvalue weighted by molar-refractivity contribution is -0.139. The minimum absolute atomic E-state index is 0.380. The molecule has 0 saturated heterocycles. The second-order valence-corrected chi connectivity index (χ2v) is 10.6. The number of carboxylic acid groups (broad SMARTS) is 1. The average Bonchev–Trinajstić information content (AvgIpc) is 2.65. The lowest BCUT2D eigenvalue weighted by atomic mass is 10.1. The Hall–Kier alpha value is -2.03. The van der Waals surface area contributed by atoms with Crippen molar-refractivity contribution < 1.29 is 23.1 Å². The third-order valence-electron chi connectivity index (χ3n) is 4.78. The molecular formula is C23H31NO5S2. The number of hydrogen-bond donors (Lipinski definition) is 1. The molecule has 0 spiro atoms. The Morgan fingerprint density at radius 2 is 1.68 bits per heavy atom. The maximum Gasteiger partial charge on any atom is 0.341 e. The van der Waals surface area contributed by atoms with Crippen molar-refractivity contribution in [1.29, 1.82) is 0 Å². The van der Waals surface area contributed by atoms with E-state index in [1.165, 1.54) is 0 Å². The predicted octanol–water partition coefficient (Wildman–Crippen LogP) is 4.58. The van der Waals surface area contributed by atoms with Crippen LogP contribution in [0.1, 0.15) is 35.6 Å². The number of ether oxygens (including phenoxy) is 1. The van der Waals surface area contributed by atoms with Gasteiger partial charge in [0.05, 0.1) is 4.90 Å². The molecule has 0 aliphatic carbocycles. The van der Waals surface area contributed by atoms with Crippen molar-refractivity contribution in [2.75, 3.05) is 25.4 Å². The lowest BCUT2D eigenvalue weighted by Crippen LogP contribution is -2.34. The zero-order valence-electron chi connectivity index (χ0n) is 18.8. The number of carboxylic acids is 1. The third kappa shape index (κ3) is 6.72. The number of rotatable bonds is 11. The number of thioether (sulfide) groups is 1. The molecule has 6 nitrogen and oxygen atoms in total. The van der Waals surface area contributed by atoms with E-state index in [1.807, 2.05) is 58.9 Å². The maximum absolute atomic E-state index is 13.4. The van der Waals surface area contributed by atoms with Gasteiger partial charge in [-0.1, -0.05) is 24.6 Å². The predicted molar refractivity (Wildman–Crippen MR) is 125 cm³/mol. The van der Waals surface area contributed by atoms with Crippen LogP contribution in [-0.2, 0) is 14.8 Å². The van der Waals surface area contributed by atoms with Gasteiger partial charge in [0.1, 0.15) is 5.75 Å². The van der Waals surface area contributed by atoms with Crippen LogP contribution in [0.3, 0.4) is 0 Å². The minimum atomic E-state index is -3.58.